The summed E-state index contributed by atoms with van der Waals surface area (Å²) in [7, 11) is 0. The van der Waals surface area contributed by atoms with Gasteiger partial charge in [-0.3, -0.25) is 15.5 Å². The van der Waals surface area contributed by atoms with Gasteiger partial charge in [-0.25, -0.2) is 9.97 Å². The maximum absolute atomic E-state index is 12.2. The number of benzene rings is 1. The molecule has 0 saturated carbocycles. The fraction of sp³-hybridized carbons (Fsp3) is 0.368. The molecule has 0 aliphatic rings. The average Bonchev–Trinajstić information content (AvgIpc) is 2.71. The molecule has 0 bridgehead atoms. The van der Waals surface area contributed by atoms with Crippen molar-refractivity contribution in [2.24, 2.45) is 0 Å². The number of aromatic nitrogens is 2. The van der Waals surface area contributed by atoms with Crippen molar-refractivity contribution in [1.29, 1.82) is 5.41 Å². The maximum Gasteiger partial charge on any atom is 0.280 e. The van der Waals surface area contributed by atoms with E-state index in [9.17, 15) is 4.79 Å². The van der Waals surface area contributed by atoms with Crippen molar-refractivity contribution in [3.63, 3.8) is 0 Å². The van der Waals surface area contributed by atoms with Crippen LogP contribution in [0.4, 0.5) is 11.6 Å². The van der Waals surface area contributed by atoms with E-state index in [1.165, 1.54) is 5.56 Å². The third-order valence-corrected chi connectivity index (χ3v) is 4.84. The molecule has 1 aromatic carbocycles. The lowest BCUT2D eigenvalue weighted by molar-refractivity contribution is 0.0971. The molecule has 0 atom stereocenters. The molecule has 0 saturated heterocycles. The van der Waals surface area contributed by atoms with Gasteiger partial charge in [0, 0.05) is 19.6 Å². The van der Waals surface area contributed by atoms with E-state index in [0.717, 1.165) is 25.0 Å². The fourth-order valence-corrected chi connectivity index (χ4v) is 2.86. The van der Waals surface area contributed by atoms with Gasteiger partial charge in [-0.1, -0.05) is 12.1 Å². The maximum atomic E-state index is 12.2. The number of aryl methyl sites for hydroxylation is 1. The predicted molar refractivity (Wildman–Crippen MR) is 123 cm³/mol. The number of guanidine groups is 1. The molecule has 0 spiro atoms. The number of unbranched alkanes of at least 4 members (excludes halogenated alkanes) is 1. The standard InChI is InChI=1S/C19H26IN7O3/c20-15-17(22)26-16(21)14(25-15)18(29)27-19(23)24-9-2-1-4-12-5-7-13(8-6-12)30-11-3-10-28/h5-8,28H,1-4,9-11H2,(H4,21,22,26)(H3,23,24,27,29). The summed E-state index contributed by atoms with van der Waals surface area (Å²) in [5, 5.41) is 21.8. The first-order valence-electron chi connectivity index (χ1n) is 9.45. The number of carbonyl (C=O) groups is 1. The van der Waals surface area contributed by atoms with Gasteiger partial charge in [0.15, 0.2) is 23.3 Å². The van der Waals surface area contributed by atoms with Crippen molar-refractivity contribution in [1.82, 2.24) is 20.6 Å². The van der Waals surface area contributed by atoms with Gasteiger partial charge in [-0.15, -0.1) is 0 Å². The number of hydrogen-bond donors (Lipinski definition) is 6. The summed E-state index contributed by atoms with van der Waals surface area (Å²) in [5.74, 6) is 0.123. The highest BCUT2D eigenvalue weighted by Crippen LogP contribution is 2.15. The molecule has 0 aliphatic carbocycles. The van der Waals surface area contributed by atoms with E-state index in [1.54, 1.807) is 0 Å². The molecule has 8 N–H and O–H groups in total. The number of aliphatic hydroxyl groups is 1. The summed E-state index contributed by atoms with van der Waals surface area (Å²) in [6.45, 7) is 1.17. The zero-order valence-electron chi connectivity index (χ0n) is 16.4. The van der Waals surface area contributed by atoms with Crippen LogP contribution in [0.1, 0.15) is 35.3 Å². The number of ether oxygens (including phenoxy) is 1. The van der Waals surface area contributed by atoms with Crippen LogP contribution in [0.25, 0.3) is 0 Å². The second-order valence-corrected chi connectivity index (χ2v) is 7.44. The highest BCUT2D eigenvalue weighted by Gasteiger charge is 2.16. The molecule has 30 heavy (non-hydrogen) atoms. The minimum Gasteiger partial charge on any atom is -0.494 e. The summed E-state index contributed by atoms with van der Waals surface area (Å²) in [6, 6.07) is 7.87. The van der Waals surface area contributed by atoms with Gasteiger partial charge in [0.1, 0.15) is 9.45 Å². The van der Waals surface area contributed by atoms with Crippen molar-refractivity contribution in [3.8, 4) is 5.75 Å². The Balaban J connectivity index is 1.66. The normalized spacial score (nSPS) is 10.5. The van der Waals surface area contributed by atoms with Crippen LogP contribution in [0.2, 0.25) is 0 Å². The fourth-order valence-electron chi connectivity index (χ4n) is 2.50. The van der Waals surface area contributed by atoms with Crippen LogP contribution >= 0.6 is 22.6 Å². The largest absolute Gasteiger partial charge is 0.494 e. The van der Waals surface area contributed by atoms with Crippen molar-refractivity contribution >= 4 is 46.1 Å². The number of anilines is 2. The molecule has 2 aromatic rings. The van der Waals surface area contributed by atoms with E-state index in [1.807, 2.05) is 46.9 Å². The number of aliphatic hydroxyl groups excluding tert-OH is 1. The van der Waals surface area contributed by atoms with E-state index in [0.29, 0.717) is 23.3 Å². The second kappa shape index (κ2) is 12.1. The number of nitrogen functional groups attached to an aromatic ring is 2. The molecule has 1 heterocycles. The van der Waals surface area contributed by atoms with Gasteiger partial charge in [0.25, 0.3) is 5.91 Å². The number of hydrogen-bond acceptors (Lipinski definition) is 8. The quantitative estimate of drug-likeness (QED) is 0.116. The van der Waals surface area contributed by atoms with Crippen LogP contribution in [-0.4, -0.2) is 46.7 Å². The lowest BCUT2D eigenvalue weighted by Gasteiger charge is -2.10. The Labute approximate surface area is 188 Å². The Morgan fingerprint density at radius 3 is 2.57 bits per heavy atom. The van der Waals surface area contributed by atoms with Gasteiger partial charge in [0.2, 0.25) is 0 Å². The number of carbonyl (C=O) groups excluding carboxylic acids is 1. The number of amides is 1. The highest BCUT2D eigenvalue weighted by atomic mass is 127. The van der Waals surface area contributed by atoms with Crippen LogP contribution in [0.5, 0.6) is 5.75 Å². The Morgan fingerprint density at radius 1 is 1.13 bits per heavy atom. The summed E-state index contributed by atoms with van der Waals surface area (Å²) in [6.07, 6.45) is 3.26. The van der Waals surface area contributed by atoms with Crippen LogP contribution in [0.15, 0.2) is 24.3 Å². The molecule has 162 valence electrons. The van der Waals surface area contributed by atoms with Crippen molar-refractivity contribution in [2.45, 2.75) is 25.7 Å². The second-order valence-electron chi connectivity index (χ2n) is 6.42. The molecule has 2 rings (SSSR count). The smallest absolute Gasteiger partial charge is 0.280 e. The first kappa shape index (κ1) is 23.6. The average molecular weight is 527 g/mol. The summed E-state index contributed by atoms with van der Waals surface area (Å²) < 4.78 is 5.87. The van der Waals surface area contributed by atoms with E-state index in [2.05, 4.69) is 20.6 Å². The van der Waals surface area contributed by atoms with Crippen molar-refractivity contribution < 1.29 is 14.6 Å². The van der Waals surface area contributed by atoms with Crippen molar-refractivity contribution in [2.75, 3.05) is 31.2 Å². The zero-order valence-corrected chi connectivity index (χ0v) is 18.6. The van der Waals surface area contributed by atoms with Gasteiger partial charge >= 0.3 is 0 Å². The Morgan fingerprint density at radius 2 is 1.87 bits per heavy atom. The van der Waals surface area contributed by atoms with Gasteiger partial charge < -0.3 is 26.6 Å². The molecule has 0 radical (unpaired) electrons. The molecular formula is C19H26IN7O3. The van der Waals surface area contributed by atoms with E-state index in [4.69, 9.17) is 26.7 Å². The minimum absolute atomic E-state index is 0.0658. The Hall–Kier alpha value is -2.67. The summed E-state index contributed by atoms with van der Waals surface area (Å²) in [4.78, 5) is 20.1. The summed E-state index contributed by atoms with van der Waals surface area (Å²) >= 11 is 1.86. The summed E-state index contributed by atoms with van der Waals surface area (Å²) in [5.41, 5.74) is 12.4. The molecular weight excluding hydrogens is 501 g/mol. The van der Waals surface area contributed by atoms with Gasteiger partial charge in [-0.2, -0.15) is 0 Å². The number of halogens is 1. The van der Waals surface area contributed by atoms with Gasteiger partial charge in [-0.05, 0) is 59.5 Å². The minimum atomic E-state index is -0.614. The molecule has 1 aromatic heterocycles. The number of rotatable bonds is 10. The number of nitrogens with zero attached hydrogens (tertiary/aromatic N) is 2. The molecule has 11 heteroatoms. The third kappa shape index (κ3) is 7.63. The monoisotopic (exact) mass is 527 g/mol. The Bertz CT molecular complexity index is 862. The molecule has 10 nitrogen and oxygen atoms in total. The van der Waals surface area contributed by atoms with Crippen LogP contribution in [-0.2, 0) is 6.42 Å². The molecule has 0 fully saturated rings. The van der Waals surface area contributed by atoms with E-state index < -0.39 is 5.91 Å². The molecule has 1 amide bonds. The van der Waals surface area contributed by atoms with Gasteiger partial charge in [0.05, 0.1) is 6.61 Å². The predicted octanol–water partition coefficient (Wildman–Crippen LogP) is 1.28. The first-order chi connectivity index (χ1) is 14.4. The third-order valence-electron chi connectivity index (χ3n) is 4.05. The first-order valence-corrected chi connectivity index (χ1v) is 10.5. The topological polar surface area (TPSA) is 172 Å². The lowest BCUT2D eigenvalue weighted by Crippen LogP contribution is -2.41. The van der Waals surface area contributed by atoms with Crippen LogP contribution < -0.4 is 26.8 Å². The molecule has 0 unspecified atom stereocenters. The van der Waals surface area contributed by atoms with Crippen LogP contribution in [0.3, 0.4) is 0 Å². The SMILES string of the molecule is N=C(NCCCCc1ccc(OCCCO)cc1)NC(=O)c1nc(I)c(N)nc1N. The highest BCUT2D eigenvalue weighted by molar-refractivity contribution is 14.1. The zero-order chi connectivity index (χ0) is 21.9. The van der Waals surface area contributed by atoms with Crippen LogP contribution in [0, 0.1) is 9.11 Å². The molecule has 0 aliphatic heterocycles. The number of nitrogens with two attached hydrogens (primary N) is 2. The van der Waals surface area contributed by atoms with E-state index in [-0.39, 0.29) is 29.9 Å². The number of nitrogens with one attached hydrogen (secondary N) is 3. The lowest BCUT2D eigenvalue weighted by atomic mass is 10.1. The van der Waals surface area contributed by atoms with Crippen molar-refractivity contribution in [3.05, 3.63) is 39.2 Å². The Kier molecular flexibility index (Phi) is 9.54. The van der Waals surface area contributed by atoms with E-state index >= 15 is 0 Å².